The summed E-state index contributed by atoms with van der Waals surface area (Å²) in [7, 11) is -3.19. The number of ether oxygens (including phenoxy) is 1. The molecule has 2 rings (SSSR count). The van der Waals surface area contributed by atoms with E-state index >= 15 is 0 Å². The number of rotatable bonds is 6. The van der Waals surface area contributed by atoms with Crippen molar-refractivity contribution in [1.29, 1.82) is 0 Å². The molecular formula is C14H20BrNO3S. The summed E-state index contributed by atoms with van der Waals surface area (Å²) >= 11 is 3.38. The van der Waals surface area contributed by atoms with Crippen LogP contribution in [0, 0.1) is 0 Å². The fourth-order valence-corrected chi connectivity index (χ4v) is 5.00. The molecule has 1 aromatic rings. The highest BCUT2D eigenvalue weighted by atomic mass is 79.9. The van der Waals surface area contributed by atoms with Crippen LogP contribution in [0.1, 0.15) is 25.3 Å². The molecule has 1 aliphatic rings. The van der Waals surface area contributed by atoms with Gasteiger partial charge in [0.15, 0.2) is 9.84 Å². The van der Waals surface area contributed by atoms with Gasteiger partial charge in [0, 0.05) is 22.8 Å². The third-order valence-corrected chi connectivity index (χ3v) is 6.70. The van der Waals surface area contributed by atoms with Crippen molar-refractivity contribution in [3.63, 3.8) is 0 Å². The summed E-state index contributed by atoms with van der Waals surface area (Å²) in [6.45, 7) is 4.34. The lowest BCUT2D eigenvalue weighted by atomic mass is 10.1. The van der Waals surface area contributed by atoms with E-state index in [1.165, 1.54) is 0 Å². The quantitative estimate of drug-likeness (QED) is 0.841. The fraction of sp³-hybridized carbons (Fsp3) is 0.571. The molecule has 0 bridgehead atoms. The molecule has 0 heterocycles. The number of nitrogens with two attached hydrogens (primary N) is 1. The van der Waals surface area contributed by atoms with Gasteiger partial charge in [-0.15, -0.1) is 0 Å². The Morgan fingerprint density at radius 1 is 1.30 bits per heavy atom. The lowest BCUT2D eigenvalue weighted by molar-refractivity contribution is 0.125. The van der Waals surface area contributed by atoms with E-state index in [2.05, 4.69) is 15.9 Å². The molecule has 0 radical (unpaired) electrons. The molecular weight excluding hydrogens is 342 g/mol. The highest BCUT2D eigenvalue weighted by molar-refractivity contribution is 9.10. The van der Waals surface area contributed by atoms with Gasteiger partial charge < -0.3 is 10.5 Å². The van der Waals surface area contributed by atoms with Crippen LogP contribution in [0.2, 0.25) is 0 Å². The van der Waals surface area contributed by atoms with Crippen molar-refractivity contribution < 1.29 is 13.2 Å². The van der Waals surface area contributed by atoms with Gasteiger partial charge in [-0.25, -0.2) is 8.42 Å². The maximum absolute atomic E-state index is 12.2. The Labute approximate surface area is 128 Å². The van der Waals surface area contributed by atoms with E-state index in [0.717, 1.165) is 10.0 Å². The second-order valence-corrected chi connectivity index (χ2v) is 8.48. The molecule has 0 aliphatic heterocycles. The summed E-state index contributed by atoms with van der Waals surface area (Å²) in [5.74, 6) is -0.0810. The molecule has 112 valence electrons. The van der Waals surface area contributed by atoms with Crippen molar-refractivity contribution in [3.8, 4) is 0 Å². The Kier molecular flexibility index (Phi) is 4.59. The lowest BCUT2D eigenvalue weighted by Crippen LogP contribution is -2.36. The van der Waals surface area contributed by atoms with Crippen LogP contribution in [0.5, 0.6) is 0 Å². The van der Waals surface area contributed by atoms with Crippen molar-refractivity contribution in [2.45, 2.75) is 30.6 Å². The fourth-order valence-electron chi connectivity index (χ4n) is 2.75. The molecule has 0 aromatic heterocycles. The first-order valence-corrected chi connectivity index (χ1v) is 9.21. The molecule has 2 N–H and O–H groups in total. The van der Waals surface area contributed by atoms with Crippen LogP contribution in [0.25, 0.3) is 0 Å². The zero-order chi connectivity index (χ0) is 15.0. The van der Waals surface area contributed by atoms with Crippen LogP contribution in [-0.4, -0.2) is 38.2 Å². The van der Waals surface area contributed by atoms with Crippen molar-refractivity contribution in [1.82, 2.24) is 0 Å². The van der Waals surface area contributed by atoms with Crippen molar-refractivity contribution >= 4 is 25.8 Å². The molecule has 1 fully saturated rings. The molecule has 0 amide bonds. The van der Waals surface area contributed by atoms with Gasteiger partial charge in [0.05, 0.1) is 17.4 Å². The first-order valence-electron chi connectivity index (χ1n) is 6.70. The summed E-state index contributed by atoms with van der Waals surface area (Å²) in [6.07, 6.45) is 0. The summed E-state index contributed by atoms with van der Waals surface area (Å²) in [5, 5.41) is -0.548. The largest absolute Gasteiger partial charge is 0.380 e. The monoisotopic (exact) mass is 361 g/mol. The Balaban J connectivity index is 2.32. The zero-order valence-corrected chi connectivity index (χ0v) is 14.1. The van der Waals surface area contributed by atoms with E-state index in [0.29, 0.717) is 6.61 Å². The molecule has 1 aliphatic carbocycles. The average molecular weight is 362 g/mol. The molecule has 0 spiro atoms. The Hall–Kier alpha value is -0.430. The van der Waals surface area contributed by atoms with Gasteiger partial charge in [-0.2, -0.15) is 0 Å². The van der Waals surface area contributed by atoms with Gasteiger partial charge >= 0.3 is 0 Å². The van der Waals surface area contributed by atoms with Gasteiger partial charge in [0.25, 0.3) is 0 Å². The van der Waals surface area contributed by atoms with Gasteiger partial charge in [0.1, 0.15) is 0 Å². The summed E-state index contributed by atoms with van der Waals surface area (Å²) < 4.78 is 30.9. The topological polar surface area (TPSA) is 69.4 Å². The van der Waals surface area contributed by atoms with Gasteiger partial charge in [0.2, 0.25) is 0 Å². The summed E-state index contributed by atoms with van der Waals surface area (Å²) in [6, 6.07) is 7.66. The van der Waals surface area contributed by atoms with E-state index in [1.807, 2.05) is 31.2 Å². The molecule has 0 unspecified atom stereocenters. The van der Waals surface area contributed by atoms with E-state index in [9.17, 15) is 8.42 Å². The summed E-state index contributed by atoms with van der Waals surface area (Å²) in [4.78, 5) is 0. The van der Waals surface area contributed by atoms with E-state index < -0.39 is 20.6 Å². The number of sulfone groups is 1. The van der Waals surface area contributed by atoms with Crippen LogP contribution >= 0.6 is 15.9 Å². The zero-order valence-electron chi connectivity index (χ0n) is 11.7. The predicted molar refractivity (Wildman–Crippen MR) is 83.5 cm³/mol. The number of hydrogen-bond donors (Lipinski definition) is 1. The summed E-state index contributed by atoms with van der Waals surface area (Å²) in [5.41, 5.74) is 6.49. The van der Waals surface area contributed by atoms with Crippen LogP contribution in [0.15, 0.2) is 28.7 Å². The molecule has 20 heavy (non-hydrogen) atoms. The van der Waals surface area contributed by atoms with E-state index in [1.54, 1.807) is 6.92 Å². The lowest BCUT2D eigenvalue weighted by Gasteiger charge is -2.12. The smallest absolute Gasteiger partial charge is 0.155 e. The molecule has 1 aromatic carbocycles. The normalized spacial score (nSPS) is 29.4. The first-order chi connectivity index (χ1) is 9.36. The minimum Gasteiger partial charge on any atom is -0.380 e. The van der Waals surface area contributed by atoms with Crippen molar-refractivity contribution in [2.24, 2.45) is 5.73 Å². The maximum atomic E-state index is 12.2. The Morgan fingerprint density at radius 3 is 2.40 bits per heavy atom. The molecule has 3 atom stereocenters. The van der Waals surface area contributed by atoms with Crippen LogP contribution in [0.3, 0.4) is 0 Å². The first kappa shape index (κ1) is 15.9. The predicted octanol–water partition coefficient (Wildman–Crippen LogP) is 2.08. The minimum atomic E-state index is -3.19. The van der Waals surface area contributed by atoms with Gasteiger partial charge in [-0.1, -0.05) is 35.0 Å². The highest BCUT2D eigenvalue weighted by Crippen LogP contribution is 2.54. The second-order valence-electron chi connectivity index (χ2n) is 5.15. The third kappa shape index (κ3) is 2.79. The number of halogens is 1. The van der Waals surface area contributed by atoms with E-state index in [4.69, 9.17) is 10.5 Å². The molecule has 6 heteroatoms. The Bertz CT molecular complexity index is 573. The number of hydrogen-bond acceptors (Lipinski definition) is 4. The van der Waals surface area contributed by atoms with Crippen LogP contribution in [0.4, 0.5) is 0 Å². The minimum absolute atomic E-state index is 0.107. The van der Waals surface area contributed by atoms with Crippen LogP contribution < -0.4 is 5.73 Å². The van der Waals surface area contributed by atoms with Crippen LogP contribution in [-0.2, 0) is 14.6 Å². The standard InChI is InChI=1S/C14H20BrNO3S/c1-3-19-9-14(16)12(13(14)20(17,18)4-2)10-5-7-11(15)8-6-10/h5-8,12-13H,3-4,9,16H2,1-2H3/t12-,13-,14-/m0/s1. The average Bonchev–Trinajstić information content (AvgIpc) is 3.05. The van der Waals surface area contributed by atoms with Crippen molar-refractivity contribution in [3.05, 3.63) is 34.3 Å². The second kappa shape index (κ2) is 5.75. The Morgan fingerprint density at radius 2 is 1.90 bits per heavy atom. The molecule has 4 nitrogen and oxygen atoms in total. The van der Waals surface area contributed by atoms with E-state index in [-0.39, 0.29) is 18.3 Å². The molecule has 0 saturated heterocycles. The SMILES string of the molecule is CCOC[C@]1(N)[C@@H](c2ccc(Br)cc2)[C@@H]1S(=O)(=O)CC. The maximum Gasteiger partial charge on any atom is 0.155 e. The van der Waals surface area contributed by atoms with Crippen molar-refractivity contribution in [2.75, 3.05) is 19.0 Å². The molecule has 1 saturated carbocycles. The van der Waals surface area contributed by atoms with Gasteiger partial charge in [-0.05, 0) is 24.6 Å². The van der Waals surface area contributed by atoms with Gasteiger partial charge in [-0.3, -0.25) is 0 Å². The number of benzene rings is 1. The highest BCUT2D eigenvalue weighted by Gasteiger charge is 2.68. The third-order valence-electron chi connectivity index (χ3n) is 3.88.